The molecule has 0 radical (unpaired) electrons. The number of aliphatic hydroxyl groups is 1. The second kappa shape index (κ2) is 16.3. The molecule has 2 bridgehead atoms. The number of rotatable bonds is 13. The number of nitro benzene ring substituents is 1. The van der Waals surface area contributed by atoms with Crippen LogP contribution in [-0.2, 0) is 10.0 Å². The molecule has 3 N–H and O–H groups in total. The molecule has 2 saturated heterocycles. The highest BCUT2D eigenvalue weighted by molar-refractivity contribution is 7.90. The van der Waals surface area contributed by atoms with Gasteiger partial charge in [0.25, 0.3) is 21.6 Å². The van der Waals surface area contributed by atoms with Crippen molar-refractivity contribution in [3.63, 3.8) is 0 Å². The van der Waals surface area contributed by atoms with Gasteiger partial charge in [-0.25, -0.2) is 13.1 Å². The Hall–Kier alpha value is -4.04. The molecule has 5 saturated carbocycles. The fourth-order valence-electron chi connectivity index (χ4n) is 12.1. The van der Waals surface area contributed by atoms with E-state index in [-0.39, 0.29) is 33.2 Å². The predicted octanol–water partition coefficient (Wildman–Crippen LogP) is 8.10. The van der Waals surface area contributed by atoms with Gasteiger partial charge in [0, 0.05) is 69.7 Å². The fraction of sp³-hybridized carbons (Fsp3) is 0.604. The number of nitrogens with zero attached hydrogens (tertiary/aromatic N) is 4. The van der Waals surface area contributed by atoms with Gasteiger partial charge in [0.1, 0.15) is 5.69 Å². The zero-order valence-corrected chi connectivity index (χ0v) is 37.0. The van der Waals surface area contributed by atoms with Crippen LogP contribution < -0.4 is 14.9 Å². The van der Waals surface area contributed by atoms with Crippen molar-refractivity contribution in [1.29, 1.82) is 0 Å². The molecule has 10 rings (SSSR count). The van der Waals surface area contributed by atoms with E-state index in [1.54, 1.807) is 12.1 Å². The van der Waals surface area contributed by atoms with E-state index in [0.29, 0.717) is 48.5 Å². The van der Waals surface area contributed by atoms with Gasteiger partial charge in [0.2, 0.25) is 0 Å². The number of para-hydroxylation sites is 1. The molecular weight excluding hydrogens is 789 g/mol. The van der Waals surface area contributed by atoms with Crippen molar-refractivity contribution in [2.75, 3.05) is 56.0 Å². The zero-order valence-electron chi connectivity index (χ0n) is 36.2. The molecule has 1 unspecified atom stereocenters. The fourth-order valence-corrected chi connectivity index (χ4v) is 13.1. The minimum Gasteiger partial charge on any atom is -0.390 e. The lowest BCUT2D eigenvalue weighted by Gasteiger charge is -2.64. The molecule has 13 heteroatoms. The summed E-state index contributed by atoms with van der Waals surface area (Å²) in [5.41, 5.74) is 3.95. The lowest BCUT2D eigenvalue weighted by Crippen LogP contribution is -2.63. The average Bonchev–Trinajstić information content (AvgIpc) is 3.20. The number of sulfonamides is 1. The maximum Gasteiger partial charge on any atom is 0.293 e. The van der Waals surface area contributed by atoms with E-state index in [1.807, 2.05) is 19.1 Å². The van der Waals surface area contributed by atoms with E-state index in [9.17, 15) is 28.4 Å². The minimum atomic E-state index is -4.43. The summed E-state index contributed by atoms with van der Waals surface area (Å²) in [6, 6.07) is 20.9. The summed E-state index contributed by atoms with van der Waals surface area (Å²) in [7, 11) is -4.43. The number of amides is 1. The second-order valence-electron chi connectivity index (χ2n) is 20.5. The number of hydrogen-bond donors (Lipinski definition) is 3. The number of piperazine rings is 1. The molecule has 1 amide bonds. The van der Waals surface area contributed by atoms with Gasteiger partial charge in [-0.3, -0.25) is 24.7 Å². The smallest absolute Gasteiger partial charge is 0.293 e. The normalized spacial score (nSPS) is 29.1. The topological polar surface area (TPSA) is 148 Å². The number of carbonyl (C=O) groups is 1. The molecule has 328 valence electrons. The highest BCUT2D eigenvalue weighted by Gasteiger charge is 2.57. The van der Waals surface area contributed by atoms with Crippen molar-refractivity contribution in [1.82, 2.24) is 14.5 Å². The van der Waals surface area contributed by atoms with Crippen LogP contribution in [0.5, 0.6) is 0 Å². The summed E-state index contributed by atoms with van der Waals surface area (Å²) < 4.78 is 29.4. The van der Waals surface area contributed by atoms with Crippen LogP contribution >= 0.6 is 0 Å². The Morgan fingerprint density at radius 2 is 1.61 bits per heavy atom. The van der Waals surface area contributed by atoms with Crippen LogP contribution in [0.25, 0.3) is 0 Å². The van der Waals surface area contributed by atoms with Crippen LogP contribution in [-0.4, -0.2) is 91.6 Å². The standard InChI is InChI=1S/C48H64N6O6S/c1-33(2)38-8-4-5-9-39(38)44-31-51(32-48-25-35(26-48)27-48)22-23-53(44)36-28-47(29-36)18-20-52(21-19-47)42-11-7-6-10-40(42)45(55)50-61(59,60)37-12-13-41(43(24-37)54(57)58)49-30-34-14-16-46(3,56)17-15-34/h4-13,24,33-36,44,49,56H,14-23,25-32H2,1-3H3,(H,50,55). The monoisotopic (exact) mass is 852 g/mol. The van der Waals surface area contributed by atoms with Crippen molar-refractivity contribution in [2.24, 2.45) is 22.7 Å². The maximum absolute atomic E-state index is 13.8. The number of benzene rings is 3. The molecule has 7 aliphatic rings. The molecule has 1 atom stereocenters. The number of nitro groups is 1. The molecule has 12 nitrogen and oxygen atoms in total. The van der Waals surface area contributed by atoms with Gasteiger partial charge in [-0.1, -0.05) is 50.2 Å². The quantitative estimate of drug-likeness (QED) is 0.114. The van der Waals surface area contributed by atoms with Gasteiger partial charge < -0.3 is 15.3 Å². The Labute approximate surface area is 361 Å². The van der Waals surface area contributed by atoms with Gasteiger partial charge in [-0.15, -0.1) is 0 Å². The molecule has 3 aromatic rings. The van der Waals surface area contributed by atoms with Crippen molar-refractivity contribution in [3.8, 4) is 0 Å². The van der Waals surface area contributed by atoms with Gasteiger partial charge in [0.05, 0.1) is 21.0 Å². The largest absolute Gasteiger partial charge is 0.390 e. The molecule has 5 aliphatic carbocycles. The van der Waals surface area contributed by atoms with Crippen LogP contribution in [0.4, 0.5) is 17.1 Å². The van der Waals surface area contributed by atoms with Crippen LogP contribution in [0.2, 0.25) is 0 Å². The summed E-state index contributed by atoms with van der Waals surface area (Å²) in [6.45, 7) is 13.1. The molecule has 3 aromatic carbocycles. The lowest BCUT2D eigenvalue weighted by atomic mass is 9.44. The Balaban J connectivity index is 0.830. The third-order valence-corrected chi connectivity index (χ3v) is 17.1. The third kappa shape index (κ3) is 8.56. The summed E-state index contributed by atoms with van der Waals surface area (Å²) in [5, 5.41) is 25.5. The number of nitrogens with one attached hydrogen (secondary N) is 2. The molecule has 0 aromatic heterocycles. The Morgan fingerprint density at radius 1 is 0.918 bits per heavy atom. The molecular formula is C48H64N6O6S. The number of piperidine rings is 1. The van der Waals surface area contributed by atoms with E-state index in [1.165, 1.54) is 61.9 Å². The van der Waals surface area contributed by atoms with Crippen LogP contribution in [0.1, 0.15) is 125 Å². The van der Waals surface area contributed by atoms with E-state index in [4.69, 9.17) is 0 Å². The SMILES string of the molecule is CC(C)c1ccccc1C1CN(CC23CC(C2)C3)CCN1C1CC2(CCN(c3ccccc3C(=O)NS(=O)(=O)c3ccc(NCC4CCC(C)(O)CC4)c([N+](=O)[O-])c3)CC2)C1. The summed E-state index contributed by atoms with van der Waals surface area (Å²) >= 11 is 0. The third-order valence-electron chi connectivity index (χ3n) is 15.8. The Morgan fingerprint density at radius 3 is 2.28 bits per heavy atom. The van der Waals surface area contributed by atoms with Gasteiger partial charge in [0.15, 0.2) is 0 Å². The average molecular weight is 853 g/mol. The number of anilines is 2. The lowest BCUT2D eigenvalue weighted by molar-refractivity contribution is -0.384. The summed E-state index contributed by atoms with van der Waals surface area (Å²) in [5.74, 6) is 0.948. The first-order chi connectivity index (χ1) is 29.1. The van der Waals surface area contributed by atoms with Crippen molar-refractivity contribution >= 4 is 33.0 Å². The van der Waals surface area contributed by atoms with E-state index >= 15 is 0 Å². The molecule has 1 spiro atoms. The van der Waals surface area contributed by atoms with E-state index in [2.05, 4.69) is 62.9 Å². The first-order valence-electron chi connectivity index (χ1n) is 22.8. The first-order valence-corrected chi connectivity index (χ1v) is 24.3. The Bertz CT molecular complexity index is 2220. The molecule has 7 fully saturated rings. The van der Waals surface area contributed by atoms with Gasteiger partial charge >= 0.3 is 0 Å². The number of hydrogen-bond acceptors (Lipinski definition) is 10. The van der Waals surface area contributed by atoms with Gasteiger partial charge in [-0.05, 0) is 142 Å². The van der Waals surface area contributed by atoms with Crippen LogP contribution in [0.15, 0.2) is 71.6 Å². The predicted molar refractivity (Wildman–Crippen MR) is 238 cm³/mol. The summed E-state index contributed by atoms with van der Waals surface area (Å²) in [4.78, 5) is 32.7. The molecule has 2 heterocycles. The van der Waals surface area contributed by atoms with E-state index < -0.39 is 26.5 Å². The van der Waals surface area contributed by atoms with E-state index in [0.717, 1.165) is 70.4 Å². The minimum absolute atomic E-state index is 0.215. The molecule has 2 aliphatic heterocycles. The number of carbonyl (C=O) groups excluding carboxylic acids is 1. The van der Waals surface area contributed by atoms with Crippen molar-refractivity contribution in [2.45, 2.75) is 120 Å². The molecule has 61 heavy (non-hydrogen) atoms. The highest BCUT2D eigenvalue weighted by Crippen LogP contribution is 2.64. The van der Waals surface area contributed by atoms with Crippen molar-refractivity contribution in [3.05, 3.63) is 93.5 Å². The van der Waals surface area contributed by atoms with Gasteiger partial charge in [-0.2, -0.15) is 0 Å². The van der Waals surface area contributed by atoms with Crippen LogP contribution in [0, 0.1) is 32.8 Å². The van der Waals surface area contributed by atoms with Crippen LogP contribution in [0.3, 0.4) is 0 Å². The van der Waals surface area contributed by atoms with Crippen molar-refractivity contribution < 1.29 is 23.2 Å². The summed E-state index contributed by atoms with van der Waals surface area (Å²) in [6.07, 6.45) is 11.6. The Kier molecular flexibility index (Phi) is 11.3. The zero-order chi connectivity index (χ0) is 42.7. The maximum atomic E-state index is 13.8. The highest BCUT2D eigenvalue weighted by atomic mass is 32.2. The first kappa shape index (κ1) is 42.3. The second-order valence-corrected chi connectivity index (χ2v) is 22.2.